The first-order valence-electron chi connectivity index (χ1n) is 7.04. The van der Waals surface area contributed by atoms with E-state index in [1.165, 1.54) is 6.07 Å². The van der Waals surface area contributed by atoms with Gasteiger partial charge < -0.3 is 15.7 Å². The average Bonchev–Trinajstić information content (AvgIpc) is 2.40. The fourth-order valence-electron chi connectivity index (χ4n) is 1.96. The van der Waals surface area contributed by atoms with E-state index in [2.05, 4.69) is 17.6 Å². The summed E-state index contributed by atoms with van der Waals surface area (Å²) in [5, 5.41) is 14.2. The molecule has 0 saturated carbocycles. The Kier molecular flexibility index (Phi) is 6.65. The number of carbonyl (C=O) groups excluding carboxylic acids is 1. The first kappa shape index (κ1) is 16.9. The standard InChI is InChI=1S/C15H21FN2O3/c1-3-4-5-6-10(2)17-15(21)18-13-8-7-11(16)9-12(13)14(19)20/h7-10H,3-6H2,1-2H3,(H,19,20)(H2,17,18,21). The lowest BCUT2D eigenvalue weighted by Crippen LogP contribution is -2.36. The number of amides is 2. The Morgan fingerprint density at radius 1 is 1.33 bits per heavy atom. The van der Waals surface area contributed by atoms with Crippen LogP contribution in [0.4, 0.5) is 14.9 Å². The minimum absolute atomic E-state index is 0.00900. The molecule has 116 valence electrons. The highest BCUT2D eigenvalue weighted by molar-refractivity contribution is 6.00. The highest BCUT2D eigenvalue weighted by atomic mass is 19.1. The normalized spacial score (nSPS) is 11.8. The van der Waals surface area contributed by atoms with Gasteiger partial charge in [0, 0.05) is 6.04 Å². The summed E-state index contributed by atoms with van der Waals surface area (Å²) >= 11 is 0. The molecule has 0 aromatic heterocycles. The number of halogens is 1. The molecule has 0 aliphatic rings. The Balaban J connectivity index is 2.60. The molecule has 5 nitrogen and oxygen atoms in total. The van der Waals surface area contributed by atoms with Gasteiger partial charge in [-0.05, 0) is 31.5 Å². The largest absolute Gasteiger partial charge is 0.478 e. The van der Waals surface area contributed by atoms with E-state index >= 15 is 0 Å². The number of nitrogens with one attached hydrogen (secondary N) is 2. The van der Waals surface area contributed by atoms with E-state index < -0.39 is 17.8 Å². The van der Waals surface area contributed by atoms with Crippen LogP contribution in [0.1, 0.15) is 49.9 Å². The summed E-state index contributed by atoms with van der Waals surface area (Å²) in [6.07, 6.45) is 4.09. The van der Waals surface area contributed by atoms with E-state index in [1.807, 2.05) is 6.92 Å². The Bertz CT molecular complexity index is 506. The lowest BCUT2D eigenvalue weighted by Gasteiger charge is -2.15. The van der Waals surface area contributed by atoms with Crippen LogP contribution in [0.2, 0.25) is 0 Å². The predicted molar refractivity (Wildman–Crippen MR) is 79.1 cm³/mol. The van der Waals surface area contributed by atoms with Crippen molar-refractivity contribution in [3.05, 3.63) is 29.6 Å². The molecule has 0 radical (unpaired) electrons. The van der Waals surface area contributed by atoms with Crippen LogP contribution in [0.3, 0.4) is 0 Å². The molecule has 1 aromatic carbocycles. The molecule has 6 heteroatoms. The van der Waals surface area contributed by atoms with E-state index in [0.29, 0.717) is 0 Å². The Labute approximate surface area is 123 Å². The maximum atomic E-state index is 13.0. The van der Waals surface area contributed by atoms with Gasteiger partial charge in [-0.15, -0.1) is 0 Å². The number of hydrogen-bond donors (Lipinski definition) is 3. The maximum absolute atomic E-state index is 13.0. The Morgan fingerprint density at radius 2 is 2.05 bits per heavy atom. The molecule has 1 unspecified atom stereocenters. The van der Waals surface area contributed by atoms with Gasteiger partial charge in [-0.25, -0.2) is 14.0 Å². The van der Waals surface area contributed by atoms with Crippen LogP contribution in [0.25, 0.3) is 0 Å². The van der Waals surface area contributed by atoms with Crippen LogP contribution in [0.5, 0.6) is 0 Å². The van der Waals surface area contributed by atoms with Crippen molar-refractivity contribution < 1.29 is 19.1 Å². The molecule has 1 atom stereocenters. The van der Waals surface area contributed by atoms with E-state index in [1.54, 1.807) is 0 Å². The third-order valence-corrected chi connectivity index (χ3v) is 3.08. The van der Waals surface area contributed by atoms with Crippen molar-refractivity contribution in [2.24, 2.45) is 0 Å². The highest BCUT2D eigenvalue weighted by Gasteiger charge is 2.14. The number of urea groups is 1. The number of aromatic carboxylic acids is 1. The van der Waals surface area contributed by atoms with Crippen molar-refractivity contribution >= 4 is 17.7 Å². The minimum Gasteiger partial charge on any atom is -0.478 e. The summed E-state index contributed by atoms with van der Waals surface area (Å²) in [6, 6.07) is 2.72. The Hall–Kier alpha value is -2.11. The number of carbonyl (C=O) groups is 2. The third kappa shape index (κ3) is 5.81. The first-order valence-corrected chi connectivity index (χ1v) is 7.04. The number of carboxylic acids is 1. The second-order valence-corrected chi connectivity index (χ2v) is 4.99. The molecule has 0 aliphatic heterocycles. The number of rotatable bonds is 7. The van der Waals surface area contributed by atoms with Gasteiger partial charge in [0.1, 0.15) is 5.82 Å². The fraction of sp³-hybridized carbons (Fsp3) is 0.467. The second kappa shape index (κ2) is 8.24. The van der Waals surface area contributed by atoms with Crippen molar-refractivity contribution in [3.8, 4) is 0 Å². The zero-order chi connectivity index (χ0) is 15.8. The van der Waals surface area contributed by atoms with Crippen LogP contribution >= 0.6 is 0 Å². The molecule has 2 amide bonds. The zero-order valence-corrected chi connectivity index (χ0v) is 12.3. The first-order chi connectivity index (χ1) is 9.93. The minimum atomic E-state index is -1.29. The second-order valence-electron chi connectivity index (χ2n) is 4.99. The van der Waals surface area contributed by atoms with E-state index in [-0.39, 0.29) is 17.3 Å². The van der Waals surface area contributed by atoms with E-state index in [4.69, 9.17) is 5.11 Å². The molecule has 0 saturated heterocycles. The SMILES string of the molecule is CCCCCC(C)NC(=O)Nc1ccc(F)cc1C(=O)O. The van der Waals surface area contributed by atoms with Crippen molar-refractivity contribution in [1.82, 2.24) is 5.32 Å². The van der Waals surface area contributed by atoms with Crippen molar-refractivity contribution in [2.75, 3.05) is 5.32 Å². The van der Waals surface area contributed by atoms with Gasteiger partial charge in [0.25, 0.3) is 0 Å². The summed E-state index contributed by atoms with van der Waals surface area (Å²) in [6.45, 7) is 3.99. The van der Waals surface area contributed by atoms with Crippen molar-refractivity contribution in [1.29, 1.82) is 0 Å². The topological polar surface area (TPSA) is 78.4 Å². The number of unbranched alkanes of at least 4 members (excludes halogenated alkanes) is 2. The lowest BCUT2D eigenvalue weighted by atomic mass is 10.1. The van der Waals surface area contributed by atoms with E-state index in [9.17, 15) is 14.0 Å². The fourth-order valence-corrected chi connectivity index (χ4v) is 1.96. The summed E-state index contributed by atoms with van der Waals surface area (Å²) in [4.78, 5) is 22.8. The summed E-state index contributed by atoms with van der Waals surface area (Å²) in [7, 11) is 0. The maximum Gasteiger partial charge on any atom is 0.337 e. The molecular formula is C15H21FN2O3. The molecule has 0 fully saturated rings. The molecule has 0 heterocycles. The summed E-state index contributed by atoms with van der Waals surface area (Å²) < 4.78 is 13.0. The van der Waals surface area contributed by atoms with Crippen molar-refractivity contribution in [2.45, 2.75) is 45.6 Å². The van der Waals surface area contributed by atoms with Gasteiger partial charge in [-0.2, -0.15) is 0 Å². The molecular weight excluding hydrogens is 275 g/mol. The van der Waals surface area contributed by atoms with E-state index in [0.717, 1.165) is 37.8 Å². The van der Waals surface area contributed by atoms with Gasteiger partial charge in [0.2, 0.25) is 0 Å². The average molecular weight is 296 g/mol. The predicted octanol–water partition coefficient (Wildman–Crippen LogP) is 3.61. The number of benzene rings is 1. The van der Waals surface area contributed by atoms with Gasteiger partial charge >= 0.3 is 12.0 Å². The highest BCUT2D eigenvalue weighted by Crippen LogP contribution is 2.17. The quantitative estimate of drug-likeness (QED) is 0.672. The van der Waals surface area contributed by atoms with Gasteiger partial charge in [0.15, 0.2) is 0 Å². The van der Waals surface area contributed by atoms with Crippen LogP contribution in [-0.4, -0.2) is 23.1 Å². The van der Waals surface area contributed by atoms with Crippen LogP contribution < -0.4 is 10.6 Å². The number of anilines is 1. The summed E-state index contributed by atoms with van der Waals surface area (Å²) in [5.74, 6) is -1.95. The zero-order valence-electron chi connectivity index (χ0n) is 12.3. The van der Waals surface area contributed by atoms with Gasteiger partial charge in [-0.3, -0.25) is 0 Å². The van der Waals surface area contributed by atoms with Crippen LogP contribution in [0.15, 0.2) is 18.2 Å². The third-order valence-electron chi connectivity index (χ3n) is 3.08. The van der Waals surface area contributed by atoms with Crippen molar-refractivity contribution in [3.63, 3.8) is 0 Å². The smallest absolute Gasteiger partial charge is 0.337 e. The molecule has 3 N–H and O–H groups in total. The Morgan fingerprint density at radius 3 is 2.67 bits per heavy atom. The number of carboxylic acid groups (broad SMARTS) is 1. The molecule has 21 heavy (non-hydrogen) atoms. The lowest BCUT2D eigenvalue weighted by molar-refractivity contribution is 0.0697. The van der Waals surface area contributed by atoms with Gasteiger partial charge in [-0.1, -0.05) is 26.2 Å². The molecule has 0 spiro atoms. The monoisotopic (exact) mass is 296 g/mol. The summed E-state index contributed by atoms with van der Waals surface area (Å²) in [5.41, 5.74) is -0.203. The molecule has 1 rings (SSSR count). The molecule has 1 aromatic rings. The van der Waals surface area contributed by atoms with Crippen LogP contribution in [-0.2, 0) is 0 Å². The van der Waals surface area contributed by atoms with Gasteiger partial charge in [0.05, 0.1) is 11.3 Å². The number of hydrogen-bond acceptors (Lipinski definition) is 2. The molecule has 0 aliphatic carbocycles. The van der Waals surface area contributed by atoms with Crippen LogP contribution in [0, 0.1) is 5.82 Å². The molecule has 0 bridgehead atoms.